The summed E-state index contributed by atoms with van der Waals surface area (Å²) in [4.78, 5) is 6.84. The van der Waals surface area contributed by atoms with Crippen LogP contribution in [0.15, 0.2) is 29.3 Å². The fraction of sp³-hybridized carbons (Fsp3) is 0.650. The molecule has 1 unspecified atom stereocenters. The molecule has 0 aromatic heterocycles. The van der Waals surface area contributed by atoms with Gasteiger partial charge in [-0.1, -0.05) is 24.3 Å². The van der Waals surface area contributed by atoms with Gasteiger partial charge in [0.2, 0.25) is 0 Å². The smallest absolute Gasteiger partial charge is 0.193 e. The molecule has 0 spiro atoms. The molecule has 5 heteroatoms. The fourth-order valence-electron chi connectivity index (χ4n) is 3.78. The van der Waals surface area contributed by atoms with Crippen LogP contribution in [0.4, 0.5) is 0 Å². The molecule has 1 saturated heterocycles. The summed E-state index contributed by atoms with van der Waals surface area (Å²) in [5.74, 6) is 1.65. The van der Waals surface area contributed by atoms with Crippen molar-refractivity contribution in [2.75, 3.05) is 47.0 Å². The van der Waals surface area contributed by atoms with Gasteiger partial charge in [-0.2, -0.15) is 0 Å². The minimum Gasteiger partial charge on any atom is -0.385 e. The number of hydrogen-bond donors (Lipinski definition) is 1. The molecule has 0 amide bonds. The Kier molecular flexibility index (Phi) is 6.70. The lowest BCUT2D eigenvalue weighted by molar-refractivity contribution is 0.00990. The first-order valence-corrected chi connectivity index (χ1v) is 9.45. The molecule has 138 valence electrons. The molecule has 2 aliphatic rings. The van der Waals surface area contributed by atoms with E-state index in [9.17, 15) is 0 Å². The Labute approximate surface area is 151 Å². The number of hydrogen-bond acceptors (Lipinski definition) is 3. The average Bonchev–Trinajstić information content (AvgIpc) is 2.63. The van der Waals surface area contributed by atoms with Crippen LogP contribution in [0.3, 0.4) is 0 Å². The topological polar surface area (TPSA) is 46.1 Å². The van der Waals surface area contributed by atoms with Gasteiger partial charge in [0, 0.05) is 52.9 Å². The van der Waals surface area contributed by atoms with Gasteiger partial charge < -0.3 is 19.7 Å². The van der Waals surface area contributed by atoms with E-state index in [1.807, 2.05) is 7.05 Å². The van der Waals surface area contributed by atoms with E-state index in [4.69, 9.17) is 9.47 Å². The Morgan fingerprint density at radius 3 is 2.76 bits per heavy atom. The van der Waals surface area contributed by atoms with Gasteiger partial charge in [0.15, 0.2) is 5.96 Å². The van der Waals surface area contributed by atoms with Crippen LogP contribution in [0.25, 0.3) is 0 Å². The third-order valence-electron chi connectivity index (χ3n) is 5.27. The molecule has 1 fully saturated rings. The average molecular weight is 345 g/mol. The van der Waals surface area contributed by atoms with Crippen molar-refractivity contribution in [1.29, 1.82) is 0 Å². The summed E-state index contributed by atoms with van der Waals surface area (Å²) in [7, 11) is 3.61. The van der Waals surface area contributed by atoms with Gasteiger partial charge in [-0.05, 0) is 36.8 Å². The lowest BCUT2D eigenvalue weighted by Crippen LogP contribution is -2.48. The second-order valence-corrected chi connectivity index (χ2v) is 6.93. The van der Waals surface area contributed by atoms with E-state index in [1.165, 1.54) is 17.5 Å². The molecule has 1 N–H and O–H groups in total. The largest absolute Gasteiger partial charge is 0.385 e. The number of nitrogens with zero attached hydrogens (tertiary/aromatic N) is 2. The Hall–Kier alpha value is -1.59. The van der Waals surface area contributed by atoms with E-state index in [1.54, 1.807) is 7.11 Å². The van der Waals surface area contributed by atoms with Crippen molar-refractivity contribution in [3.05, 3.63) is 35.4 Å². The van der Waals surface area contributed by atoms with Crippen LogP contribution >= 0.6 is 0 Å². The van der Waals surface area contributed by atoms with Gasteiger partial charge in [-0.25, -0.2) is 0 Å². The molecule has 1 aliphatic heterocycles. The van der Waals surface area contributed by atoms with Gasteiger partial charge in [-0.15, -0.1) is 0 Å². The predicted molar refractivity (Wildman–Crippen MR) is 101 cm³/mol. The molecule has 0 bridgehead atoms. The summed E-state index contributed by atoms with van der Waals surface area (Å²) in [6.07, 6.45) is 4.67. The van der Waals surface area contributed by atoms with Crippen molar-refractivity contribution >= 4 is 5.96 Å². The number of nitrogens with one attached hydrogen (secondary N) is 1. The van der Waals surface area contributed by atoms with Crippen molar-refractivity contribution < 1.29 is 9.47 Å². The summed E-state index contributed by atoms with van der Waals surface area (Å²) in [5.41, 5.74) is 2.99. The highest BCUT2D eigenvalue weighted by molar-refractivity contribution is 5.80. The highest BCUT2D eigenvalue weighted by atomic mass is 16.5. The maximum Gasteiger partial charge on any atom is 0.193 e. The van der Waals surface area contributed by atoms with E-state index >= 15 is 0 Å². The first-order chi connectivity index (χ1) is 12.3. The summed E-state index contributed by atoms with van der Waals surface area (Å²) < 4.78 is 11.0. The number of ether oxygens (including phenoxy) is 2. The van der Waals surface area contributed by atoms with Crippen molar-refractivity contribution in [2.45, 2.75) is 37.7 Å². The maximum atomic E-state index is 5.94. The summed E-state index contributed by atoms with van der Waals surface area (Å²) in [5, 5.41) is 3.58. The minimum atomic E-state index is 0.379. The SMILES string of the molecule is CN=C(NCC1Cc2ccccc21)N1CCC(OCCCOC)CC1. The highest BCUT2D eigenvalue weighted by Gasteiger charge is 2.27. The molecule has 1 heterocycles. The fourth-order valence-corrected chi connectivity index (χ4v) is 3.78. The Bertz CT molecular complexity index is 568. The van der Waals surface area contributed by atoms with Gasteiger partial charge in [0.05, 0.1) is 6.10 Å². The van der Waals surface area contributed by atoms with Gasteiger partial charge in [0.1, 0.15) is 0 Å². The number of likely N-dealkylation sites (tertiary alicyclic amines) is 1. The van der Waals surface area contributed by atoms with Crippen molar-refractivity contribution in [1.82, 2.24) is 10.2 Å². The standard InChI is InChI=1S/C20H31N3O2/c1-21-20(22-15-17-14-16-6-3-4-7-19(16)17)23-10-8-18(9-11-23)25-13-5-12-24-2/h3-4,6-7,17-18H,5,8-15H2,1-2H3,(H,21,22). The second-order valence-electron chi connectivity index (χ2n) is 6.93. The van der Waals surface area contributed by atoms with Crippen LogP contribution < -0.4 is 5.32 Å². The second kappa shape index (κ2) is 9.20. The highest BCUT2D eigenvalue weighted by Crippen LogP contribution is 2.34. The number of rotatable bonds is 7. The molecule has 1 aliphatic carbocycles. The van der Waals surface area contributed by atoms with E-state index < -0.39 is 0 Å². The molecule has 0 saturated carbocycles. The van der Waals surface area contributed by atoms with Gasteiger partial charge in [0.25, 0.3) is 0 Å². The van der Waals surface area contributed by atoms with Crippen LogP contribution in [-0.2, 0) is 15.9 Å². The van der Waals surface area contributed by atoms with Crippen LogP contribution in [0, 0.1) is 0 Å². The number of piperidine rings is 1. The number of aliphatic imine (C=N–C) groups is 1. The number of methoxy groups -OCH3 is 1. The molecule has 5 nitrogen and oxygen atoms in total. The molecular weight excluding hydrogens is 314 g/mol. The molecule has 25 heavy (non-hydrogen) atoms. The maximum absolute atomic E-state index is 5.94. The Balaban J connectivity index is 1.38. The third-order valence-corrected chi connectivity index (χ3v) is 5.27. The molecule has 1 atom stereocenters. The lowest BCUT2D eigenvalue weighted by atomic mass is 9.78. The quantitative estimate of drug-likeness (QED) is 0.468. The van der Waals surface area contributed by atoms with Crippen molar-refractivity contribution in [3.63, 3.8) is 0 Å². The van der Waals surface area contributed by atoms with E-state index in [-0.39, 0.29) is 0 Å². The zero-order chi connectivity index (χ0) is 17.5. The number of benzene rings is 1. The summed E-state index contributed by atoms with van der Waals surface area (Å²) >= 11 is 0. The van der Waals surface area contributed by atoms with Gasteiger partial charge in [-0.3, -0.25) is 4.99 Å². The Morgan fingerprint density at radius 2 is 2.04 bits per heavy atom. The van der Waals surface area contributed by atoms with Crippen LogP contribution in [0.2, 0.25) is 0 Å². The zero-order valence-corrected chi connectivity index (χ0v) is 15.5. The van der Waals surface area contributed by atoms with Crippen LogP contribution in [0.1, 0.15) is 36.3 Å². The van der Waals surface area contributed by atoms with E-state index in [2.05, 4.69) is 39.5 Å². The normalized spacial score (nSPS) is 21.0. The van der Waals surface area contributed by atoms with Crippen molar-refractivity contribution in [2.24, 2.45) is 4.99 Å². The minimum absolute atomic E-state index is 0.379. The molecular formula is C20H31N3O2. The van der Waals surface area contributed by atoms with Gasteiger partial charge >= 0.3 is 0 Å². The monoisotopic (exact) mass is 345 g/mol. The van der Waals surface area contributed by atoms with Crippen LogP contribution in [0.5, 0.6) is 0 Å². The van der Waals surface area contributed by atoms with Crippen molar-refractivity contribution in [3.8, 4) is 0 Å². The summed E-state index contributed by atoms with van der Waals surface area (Å²) in [6, 6.07) is 8.75. The summed E-state index contributed by atoms with van der Waals surface area (Å²) in [6.45, 7) is 4.56. The number of guanidine groups is 1. The Morgan fingerprint density at radius 1 is 1.24 bits per heavy atom. The first kappa shape index (κ1) is 18.2. The molecule has 3 rings (SSSR count). The molecule has 1 aromatic carbocycles. The molecule has 0 radical (unpaired) electrons. The predicted octanol–water partition coefficient (Wildman–Crippen LogP) is 2.42. The van der Waals surface area contributed by atoms with Crippen LogP contribution in [-0.4, -0.2) is 64.0 Å². The molecule has 1 aromatic rings. The lowest BCUT2D eigenvalue weighted by Gasteiger charge is -2.36. The zero-order valence-electron chi connectivity index (χ0n) is 15.5. The third kappa shape index (κ3) is 4.73. The number of fused-ring (bicyclic) bond motifs is 1. The van der Waals surface area contributed by atoms with E-state index in [0.717, 1.165) is 58.1 Å². The van der Waals surface area contributed by atoms with E-state index in [0.29, 0.717) is 12.0 Å². The first-order valence-electron chi connectivity index (χ1n) is 9.45.